The zero-order valence-corrected chi connectivity index (χ0v) is 20.7. The van der Waals surface area contributed by atoms with Gasteiger partial charge in [0.1, 0.15) is 4.90 Å². The van der Waals surface area contributed by atoms with Crippen molar-refractivity contribution >= 4 is 27.7 Å². The SMILES string of the molecule is COC(=O)C(OS(=O)(=O)c1c(C(C)C)cc(C(C)C)cc1C(C)C)c1ccccc1Cl. The zero-order chi connectivity index (χ0) is 23.5. The van der Waals surface area contributed by atoms with Gasteiger partial charge in [-0.2, -0.15) is 8.42 Å². The van der Waals surface area contributed by atoms with Crippen LogP contribution in [0.15, 0.2) is 41.3 Å². The molecule has 7 heteroatoms. The second-order valence-electron chi connectivity index (χ2n) is 8.47. The van der Waals surface area contributed by atoms with Crippen molar-refractivity contribution < 1.29 is 22.1 Å². The number of esters is 1. The van der Waals surface area contributed by atoms with E-state index in [0.717, 1.165) is 5.56 Å². The van der Waals surface area contributed by atoms with E-state index >= 15 is 0 Å². The van der Waals surface area contributed by atoms with Crippen molar-refractivity contribution in [3.8, 4) is 0 Å². The van der Waals surface area contributed by atoms with Crippen LogP contribution >= 0.6 is 11.6 Å². The first-order valence-corrected chi connectivity index (χ1v) is 12.1. The molecule has 0 aliphatic carbocycles. The highest BCUT2D eigenvalue weighted by atomic mass is 35.5. The highest BCUT2D eigenvalue weighted by Crippen LogP contribution is 2.38. The van der Waals surface area contributed by atoms with Crippen LogP contribution in [0.3, 0.4) is 0 Å². The molecule has 31 heavy (non-hydrogen) atoms. The maximum atomic E-state index is 13.6. The average molecular weight is 467 g/mol. The predicted octanol–water partition coefficient (Wildman–Crippen LogP) is 6.33. The van der Waals surface area contributed by atoms with Gasteiger partial charge in [-0.25, -0.2) is 8.98 Å². The van der Waals surface area contributed by atoms with Crippen molar-refractivity contribution in [2.45, 2.75) is 70.3 Å². The zero-order valence-electron chi connectivity index (χ0n) is 19.1. The Labute approximate surface area is 190 Å². The Morgan fingerprint density at radius 3 is 1.81 bits per heavy atom. The molecule has 0 spiro atoms. The van der Waals surface area contributed by atoms with Gasteiger partial charge in [0.2, 0.25) is 6.10 Å². The molecule has 5 nitrogen and oxygen atoms in total. The van der Waals surface area contributed by atoms with Gasteiger partial charge in [0.15, 0.2) is 0 Å². The lowest BCUT2D eigenvalue weighted by Crippen LogP contribution is -2.23. The van der Waals surface area contributed by atoms with Gasteiger partial charge in [0, 0.05) is 10.6 Å². The minimum atomic E-state index is -4.33. The molecular formula is C24H31ClO5S. The van der Waals surface area contributed by atoms with Crippen LogP contribution in [-0.2, 0) is 23.8 Å². The third-order valence-electron chi connectivity index (χ3n) is 5.16. The number of halogens is 1. The largest absolute Gasteiger partial charge is 0.467 e. The smallest absolute Gasteiger partial charge is 0.341 e. The molecule has 0 radical (unpaired) electrons. The maximum Gasteiger partial charge on any atom is 0.341 e. The Kier molecular flexibility index (Phi) is 8.31. The second kappa shape index (κ2) is 10.2. The van der Waals surface area contributed by atoms with Gasteiger partial charge < -0.3 is 4.74 Å². The van der Waals surface area contributed by atoms with Gasteiger partial charge in [0.25, 0.3) is 10.1 Å². The Balaban J connectivity index is 2.72. The summed E-state index contributed by atoms with van der Waals surface area (Å²) < 4.78 is 37.6. The molecule has 0 heterocycles. The average Bonchev–Trinajstić information content (AvgIpc) is 2.70. The van der Waals surface area contributed by atoms with Crippen LogP contribution in [0, 0.1) is 0 Å². The quantitative estimate of drug-likeness (QED) is 0.336. The first-order chi connectivity index (χ1) is 14.4. The molecule has 0 bridgehead atoms. The summed E-state index contributed by atoms with van der Waals surface area (Å²) in [5, 5.41) is 0.219. The van der Waals surface area contributed by atoms with E-state index in [1.54, 1.807) is 24.3 Å². The van der Waals surface area contributed by atoms with E-state index in [4.69, 9.17) is 20.5 Å². The summed E-state index contributed by atoms with van der Waals surface area (Å²) in [4.78, 5) is 12.6. The number of rotatable bonds is 8. The lowest BCUT2D eigenvalue weighted by Gasteiger charge is -2.24. The van der Waals surface area contributed by atoms with E-state index < -0.39 is 22.2 Å². The van der Waals surface area contributed by atoms with Crippen molar-refractivity contribution in [3.05, 3.63) is 63.7 Å². The Bertz CT molecular complexity index is 1010. The molecule has 2 rings (SSSR count). The van der Waals surface area contributed by atoms with Gasteiger partial charge in [-0.05, 0) is 40.5 Å². The number of benzene rings is 2. The fourth-order valence-electron chi connectivity index (χ4n) is 3.37. The van der Waals surface area contributed by atoms with Crippen LogP contribution in [0.4, 0.5) is 0 Å². The van der Waals surface area contributed by atoms with Crippen molar-refractivity contribution in [2.24, 2.45) is 0 Å². The molecule has 2 aromatic carbocycles. The summed E-state index contributed by atoms with van der Waals surface area (Å²) in [7, 11) is -3.15. The van der Waals surface area contributed by atoms with E-state index in [-0.39, 0.29) is 33.2 Å². The maximum absolute atomic E-state index is 13.6. The Morgan fingerprint density at radius 1 is 0.871 bits per heavy atom. The lowest BCUT2D eigenvalue weighted by molar-refractivity contribution is -0.149. The third-order valence-corrected chi connectivity index (χ3v) is 6.92. The van der Waals surface area contributed by atoms with Gasteiger partial charge >= 0.3 is 5.97 Å². The topological polar surface area (TPSA) is 69.7 Å². The number of hydrogen-bond donors (Lipinski definition) is 0. The minimum Gasteiger partial charge on any atom is -0.467 e. The molecule has 0 fully saturated rings. The molecule has 0 saturated heterocycles. The van der Waals surface area contributed by atoms with Crippen LogP contribution in [-0.4, -0.2) is 21.5 Å². The number of hydrogen-bond acceptors (Lipinski definition) is 5. The third kappa shape index (κ3) is 5.68. The number of methoxy groups -OCH3 is 1. The highest BCUT2D eigenvalue weighted by Gasteiger charge is 2.35. The molecule has 0 aliphatic rings. The molecule has 0 N–H and O–H groups in total. The van der Waals surface area contributed by atoms with Crippen molar-refractivity contribution in [1.29, 1.82) is 0 Å². The van der Waals surface area contributed by atoms with Crippen LogP contribution in [0.1, 0.15) is 87.7 Å². The Morgan fingerprint density at radius 2 is 1.39 bits per heavy atom. The summed E-state index contributed by atoms with van der Waals surface area (Å²) in [6.07, 6.45) is -1.51. The second-order valence-corrected chi connectivity index (χ2v) is 10.4. The molecule has 0 saturated carbocycles. The van der Waals surface area contributed by atoms with E-state index in [1.165, 1.54) is 7.11 Å². The molecule has 170 valence electrons. The molecular weight excluding hydrogens is 436 g/mol. The standard InChI is InChI=1S/C24H31ClO5S/c1-14(2)17-12-19(15(3)4)23(20(13-17)16(5)6)31(27,28)30-22(24(26)29-7)18-10-8-9-11-21(18)25/h8-16,22H,1-7H3. The van der Waals surface area contributed by atoms with Gasteiger partial charge in [-0.3, -0.25) is 0 Å². The van der Waals surface area contributed by atoms with E-state index in [2.05, 4.69) is 13.8 Å². The fourth-order valence-corrected chi connectivity index (χ4v) is 5.30. The first-order valence-electron chi connectivity index (χ1n) is 10.3. The summed E-state index contributed by atoms with van der Waals surface area (Å²) >= 11 is 6.23. The summed E-state index contributed by atoms with van der Waals surface area (Å²) in [6, 6.07) is 10.3. The van der Waals surface area contributed by atoms with Crippen LogP contribution in [0.25, 0.3) is 0 Å². The fraction of sp³-hybridized carbons (Fsp3) is 0.458. The highest BCUT2D eigenvalue weighted by molar-refractivity contribution is 7.87. The molecule has 0 aromatic heterocycles. The van der Waals surface area contributed by atoms with Crippen molar-refractivity contribution in [3.63, 3.8) is 0 Å². The lowest BCUT2D eigenvalue weighted by atomic mass is 9.89. The minimum absolute atomic E-state index is 0.0681. The first kappa shape index (κ1) is 25.4. The van der Waals surface area contributed by atoms with E-state index in [9.17, 15) is 13.2 Å². The monoisotopic (exact) mass is 466 g/mol. The number of ether oxygens (including phenoxy) is 1. The normalized spacial score (nSPS) is 13.1. The molecule has 1 atom stereocenters. The number of carbonyl (C=O) groups excluding carboxylic acids is 1. The van der Waals surface area contributed by atoms with Crippen molar-refractivity contribution in [1.82, 2.24) is 0 Å². The molecule has 1 unspecified atom stereocenters. The van der Waals surface area contributed by atoms with Gasteiger partial charge in [-0.15, -0.1) is 0 Å². The van der Waals surface area contributed by atoms with Crippen LogP contribution in [0.2, 0.25) is 5.02 Å². The Hall–Kier alpha value is -1.89. The van der Waals surface area contributed by atoms with Crippen LogP contribution in [0.5, 0.6) is 0 Å². The van der Waals surface area contributed by atoms with Crippen molar-refractivity contribution in [2.75, 3.05) is 7.11 Å². The van der Waals surface area contributed by atoms with Gasteiger partial charge in [-0.1, -0.05) is 83.5 Å². The molecule has 0 amide bonds. The van der Waals surface area contributed by atoms with E-state index in [0.29, 0.717) is 11.1 Å². The molecule has 0 aliphatic heterocycles. The van der Waals surface area contributed by atoms with E-state index in [1.807, 2.05) is 39.8 Å². The summed E-state index contributed by atoms with van der Waals surface area (Å²) in [5.41, 5.74) is 2.62. The molecule has 2 aromatic rings. The van der Waals surface area contributed by atoms with Gasteiger partial charge in [0.05, 0.1) is 7.11 Å². The summed E-state index contributed by atoms with van der Waals surface area (Å²) in [6.45, 7) is 11.9. The van der Waals surface area contributed by atoms with Crippen LogP contribution < -0.4 is 0 Å². The number of carbonyl (C=O) groups is 1. The summed E-state index contributed by atoms with van der Waals surface area (Å²) in [5.74, 6) is -0.741. The predicted molar refractivity (Wildman–Crippen MR) is 123 cm³/mol.